The quantitative estimate of drug-likeness (QED) is 0.818. The number of ether oxygens (including phenoxy) is 1. The van der Waals surface area contributed by atoms with Crippen LogP contribution in [0.4, 0.5) is 13.2 Å². The van der Waals surface area contributed by atoms with E-state index in [0.29, 0.717) is 0 Å². The maximum absolute atomic E-state index is 11.7. The molecule has 1 N–H and O–H groups in total. The molecule has 0 saturated carbocycles. The highest BCUT2D eigenvalue weighted by atomic mass is 32.1. The Kier molecular flexibility index (Phi) is 4.76. The molecule has 1 atom stereocenters. The number of aryl methyl sites for hydroxylation is 1. The summed E-state index contributed by atoms with van der Waals surface area (Å²) in [6, 6.07) is 1.86. The van der Waals surface area contributed by atoms with Gasteiger partial charge < -0.3 is 9.84 Å². The highest BCUT2D eigenvalue weighted by Gasteiger charge is 2.27. The summed E-state index contributed by atoms with van der Waals surface area (Å²) in [4.78, 5) is 0.788. The number of aliphatic hydroxyl groups excluding tert-OH is 1. The Labute approximate surface area is 95.7 Å². The van der Waals surface area contributed by atoms with Gasteiger partial charge in [-0.1, -0.05) is 0 Å². The smallest absolute Gasteiger partial charge is 0.387 e. The fourth-order valence-corrected chi connectivity index (χ4v) is 2.19. The normalized spacial score (nSPS) is 14.1. The van der Waals surface area contributed by atoms with Gasteiger partial charge in [0, 0.05) is 17.9 Å². The SMILES string of the molecule is Cc1ccsc1C(O)CCOCC(F)(F)F. The summed E-state index contributed by atoms with van der Waals surface area (Å²) in [7, 11) is 0. The molecular formula is C10H13F3O2S. The molecule has 16 heavy (non-hydrogen) atoms. The van der Waals surface area contributed by atoms with Crippen LogP contribution in [0, 0.1) is 6.92 Å². The second-order valence-electron chi connectivity index (χ2n) is 3.44. The number of rotatable bonds is 5. The summed E-state index contributed by atoms with van der Waals surface area (Å²) in [6.07, 6.45) is -4.87. The summed E-state index contributed by atoms with van der Waals surface area (Å²) in [5.74, 6) is 0. The van der Waals surface area contributed by atoms with Gasteiger partial charge >= 0.3 is 6.18 Å². The van der Waals surface area contributed by atoms with Gasteiger partial charge in [0.2, 0.25) is 0 Å². The standard InChI is InChI=1S/C10H13F3O2S/c1-7-3-5-16-9(7)8(14)2-4-15-6-10(11,12)13/h3,5,8,14H,2,4,6H2,1H3. The van der Waals surface area contributed by atoms with Crippen molar-refractivity contribution in [2.24, 2.45) is 0 Å². The van der Waals surface area contributed by atoms with Gasteiger partial charge in [-0.15, -0.1) is 11.3 Å². The molecule has 92 valence electrons. The lowest BCUT2D eigenvalue weighted by Crippen LogP contribution is -2.18. The molecule has 0 aromatic carbocycles. The van der Waals surface area contributed by atoms with E-state index in [1.807, 2.05) is 18.4 Å². The van der Waals surface area contributed by atoms with Crippen molar-refractivity contribution in [3.63, 3.8) is 0 Å². The van der Waals surface area contributed by atoms with Crippen molar-refractivity contribution in [2.45, 2.75) is 25.6 Å². The van der Waals surface area contributed by atoms with Crippen LogP contribution in [-0.4, -0.2) is 24.5 Å². The van der Waals surface area contributed by atoms with Crippen LogP contribution in [0.25, 0.3) is 0 Å². The fourth-order valence-electron chi connectivity index (χ4n) is 1.24. The third kappa shape index (κ3) is 4.51. The Morgan fingerprint density at radius 1 is 1.50 bits per heavy atom. The Morgan fingerprint density at radius 3 is 2.69 bits per heavy atom. The molecule has 1 unspecified atom stereocenters. The largest absolute Gasteiger partial charge is 0.411 e. The van der Waals surface area contributed by atoms with Crippen LogP contribution in [0.1, 0.15) is 23.0 Å². The summed E-state index contributed by atoms with van der Waals surface area (Å²) < 4.78 is 39.6. The molecule has 6 heteroatoms. The van der Waals surface area contributed by atoms with E-state index in [-0.39, 0.29) is 13.0 Å². The first-order valence-corrected chi connectivity index (χ1v) is 5.64. The average molecular weight is 254 g/mol. The third-order valence-electron chi connectivity index (χ3n) is 2.01. The number of hydrogen-bond acceptors (Lipinski definition) is 3. The van der Waals surface area contributed by atoms with Crippen LogP contribution < -0.4 is 0 Å². The number of hydrogen-bond donors (Lipinski definition) is 1. The summed E-state index contributed by atoms with van der Waals surface area (Å²) in [6.45, 7) is 0.493. The fraction of sp³-hybridized carbons (Fsp3) is 0.600. The van der Waals surface area contributed by atoms with Crippen LogP contribution in [0.2, 0.25) is 0 Å². The van der Waals surface area contributed by atoms with Crippen molar-refractivity contribution >= 4 is 11.3 Å². The van der Waals surface area contributed by atoms with E-state index < -0.39 is 18.9 Å². The van der Waals surface area contributed by atoms with Crippen molar-refractivity contribution < 1.29 is 23.0 Å². The maximum Gasteiger partial charge on any atom is 0.411 e. The van der Waals surface area contributed by atoms with E-state index in [4.69, 9.17) is 0 Å². The molecule has 1 heterocycles. The molecule has 0 saturated heterocycles. The van der Waals surface area contributed by atoms with Crippen LogP contribution in [0.5, 0.6) is 0 Å². The van der Waals surface area contributed by atoms with Crippen molar-refractivity contribution in [1.82, 2.24) is 0 Å². The molecule has 1 aromatic heterocycles. The minimum Gasteiger partial charge on any atom is -0.387 e. The van der Waals surface area contributed by atoms with Crippen LogP contribution in [-0.2, 0) is 4.74 Å². The molecule has 0 radical (unpaired) electrons. The first kappa shape index (κ1) is 13.5. The lowest BCUT2D eigenvalue weighted by molar-refractivity contribution is -0.175. The van der Waals surface area contributed by atoms with Gasteiger partial charge in [0.1, 0.15) is 6.61 Å². The summed E-state index contributed by atoms with van der Waals surface area (Å²) >= 11 is 1.39. The van der Waals surface area contributed by atoms with E-state index in [0.717, 1.165) is 10.4 Å². The van der Waals surface area contributed by atoms with E-state index in [2.05, 4.69) is 4.74 Å². The van der Waals surface area contributed by atoms with E-state index in [1.165, 1.54) is 11.3 Å². The second-order valence-corrected chi connectivity index (χ2v) is 4.39. The van der Waals surface area contributed by atoms with Gasteiger partial charge in [0.25, 0.3) is 0 Å². The van der Waals surface area contributed by atoms with Crippen molar-refractivity contribution in [1.29, 1.82) is 0 Å². The highest BCUT2D eigenvalue weighted by Crippen LogP contribution is 2.26. The average Bonchev–Trinajstić information content (AvgIpc) is 2.57. The molecule has 0 aliphatic heterocycles. The minimum atomic E-state index is -4.30. The van der Waals surface area contributed by atoms with Crippen LogP contribution >= 0.6 is 11.3 Å². The third-order valence-corrected chi connectivity index (χ3v) is 3.13. The molecule has 0 aliphatic carbocycles. The van der Waals surface area contributed by atoms with Gasteiger partial charge in [0.15, 0.2) is 0 Å². The molecule has 1 rings (SSSR count). The van der Waals surface area contributed by atoms with E-state index >= 15 is 0 Å². The summed E-state index contributed by atoms with van der Waals surface area (Å²) in [5, 5.41) is 11.5. The van der Waals surface area contributed by atoms with Gasteiger partial charge in [-0.2, -0.15) is 13.2 Å². The molecule has 0 amide bonds. The first-order valence-electron chi connectivity index (χ1n) is 4.76. The highest BCUT2D eigenvalue weighted by molar-refractivity contribution is 7.10. The Morgan fingerprint density at radius 2 is 2.19 bits per heavy atom. The first-order chi connectivity index (χ1) is 7.40. The zero-order chi connectivity index (χ0) is 12.2. The number of alkyl halides is 3. The number of halogens is 3. The van der Waals surface area contributed by atoms with Crippen LogP contribution in [0.15, 0.2) is 11.4 Å². The molecule has 0 spiro atoms. The monoisotopic (exact) mass is 254 g/mol. The second kappa shape index (κ2) is 5.65. The predicted molar refractivity (Wildman–Crippen MR) is 55.5 cm³/mol. The van der Waals surface area contributed by atoms with Gasteiger partial charge in [-0.3, -0.25) is 0 Å². The Balaban J connectivity index is 2.26. The molecule has 0 fully saturated rings. The van der Waals surface area contributed by atoms with Gasteiger partial charge in [-0.05, 0) is 23.9 Å². The minimum absolute atomic E-state index is 0.0992. The maximum atomic E-state index is 11.7. The number of aliphatic hydroxyl groups is 1. The topological polar surface area (TPSA) is 29.5 Å². The van der Waals surface area contributed by atoms with E-state index in [9.17, 15) is 18.3 Å². The Hall–Kier alpha value is -0.590. The van der Waals surface area contributed by atoms with E-state index in [1.54, 1.807) is 0 Å². The molecule has 2 nitrogen and oxygen atoms in total. The van der Waals surface area contributed by atoms with Crippen molar-refractivity contribution in [2.75, 3.05) is 13.2 Å². The van der Waals surface area contributed by atoms with Gasteiger partial charge in [-0.25, -0.2) is 0 Å². The molecule has 0 aliphatic rings. The van der Waals surface area contributed by atoms with Crippen molar-refractivity contribution in [3.8, 4) is 0 Å². The molecule has 1 aromatic rings. The molecular weight excluding hydrogens is 241 g/mol. The van der Waals surface area contributed by atoms with Gasteiger partial charge in [0.05, 0.1) is 6.10 Å². The Bertz CT molecular complexity index is 322. The van der Waals surface area contributed by atoms with Crippen LogP contribution in [0.3, 0.4) is 0 Å². The number of thiophene rings is 1. The van der Waals surface area contributed by atoms with Crippen molar-refractivity contribution in [3.05, 3.63) is 21.9 Å². The summed E-state index contributed by atoms with van der Waals surface area (Å²) in [5.41, 5.74) is 0.952. The zero-order valence-electron chi connectivity index (χ0n) is 8.75. The zero-order valence-corrected chi connectivity index (χ0v) is 9.57. The lowest BCUT2D eigenvalue weighted by atomic mass is 10.1. The molecule has 0 bridgehead atoms. The predicted octanol–water partition coefficient (Wildman–Crippen LogP) is 3.06. The lowest BCUT2D eigenvalue weighted by Gasteiger charge is -2.11.